The molecule has 0 aliphatic heterocycles. The van der Waals surface area contributed by atoms with Gasteiger partial charge in [0, 0.05) is 36.7 Å². The van der Waals surface area contributed by atoms with Gasteiger partial charge in [-0.1, -0.05) is 0 Å². The predicted octanol–water partition coefficient (Wildman–Crippen LogP) is 0.225. The van der Waals surface area contributed by atoms with Gasteiger partial charge in [-0.05, 0) is 23.7 Å². The molecule has 0 aliphatic carbocycles. The standard InChI is InChI=1S/C17H20BN7O2/c1-27-16(26)10-4-11(19)6-13(5-10)24-17-22-8-14(18)15(25-17)21-3-2-12-7-20-9-23-12/h4-9H,2-3,18-19H2,1H3,(H,20,23)(H2,21,22,24,25). The van der Waals surface area contributed by atoms with Gasteiger partial charge in [-0.25, -0.2) is 14.8 Å². The Kier molecular flexibility index (Phi) is 5.55. The third-order valence-corrected chi connectivity index (χ3v) is 3.83. The van der Waals surface area contributed by atoms with E-state index in [4.69, 9.17) is 10.5 Å². The Labute approximate surface area is 157 Å². The van der Waals surface area contributed by atoms with Crippen molar-refractivity contribution in [2.45, 2.75) is 6.42 Å². The first-order chi connectivity index (χ1) is 13.0. The van der Waals surface area contributed by atoms with Crippen LogP contribution in [-0.2, 0) is 11.2 Å². The van der Waals surface area contributed by atoms with Crippen LogP contribution in [0.15, 0.2) is 36.9 Å². The molecule has 0 atom stereocenters. The Morgan fingerprint density at radius 3 is 2.93 bits per heavy atom. The van der Waals surface area contributed by atoms with E-state index in [0.717, 1.165) is 23.4 Å². The van der Waals surface area contributed by atoms with E-state index in [0.29, 0.717) is 29.4 Å². The molecule has 0 unspecified atom stereocenters. The molecular formula is C17H20BN7O2. The van der Waals surface area contributed by atoms with Crippen LogP contribution in [0.5, 0.6) is 0 Å². The molecule has 0 saturated carbocycles. The van der Waals surface area contributed by atoms with Crippen LogP contribution in [0.3, 0.4) is 0 Å². The molecule has 10 heteroatoms. The number of anilines is 4. The monoisotopic (exact) mass is 365 g/mol. The zero-order valence-electron chi connectivity index (χ0n) is 15.1. The Morgan fingerprint density at radius 1 is 1.33 bits per heavy atom. The van der Waals surface area contributed by atoms with Crippen LogP contribution in [0.25, 0.3) is 0 Å². The van der Waals surface area contributed by atoms with Gasteiger partial charge in [0.1, 0.15) is 13.7 Å². The van der Waals surface area contributed by atoms with Gasteiger partial charge in [-0.2, -0.15) is 4.98 Å². The molecule has 1 aromatic carbocycles. The van der Waals surface area contributed by atoms with Crippen LogP contribution >= 0.6 is 0 Å². The first-order valence-corrected chi connectivity index (χ1v) is 8.36. The minimum atomic E-state index is -0.462. The third kappa shape index (κ3) is 4.75. The van der Waals surface area contributed by atoms with Crippen LogP contribution in [0.4, 0.5) is 23.1 Å². The number of carbonyl (C=O) groups excluding carboxylic acids is 1. The number of methoxy groups -OCH3 is 1. The third-order valence-electron chi connectivity index (χ3n) is 3.83. The van der Waals surface area contributed by atoms with Gasteiger partial charge >= 0.3 is 5.97 Å². The van der Waals surface area contributed by atoms with Crippen LogP contribution in [0.2, 0.25) is 0 Å². The van der Waals surface area contributed by atoms with Gasteiger partial charge in [0.15, 0.2) is 0 Å². The van der Waals surface area contributed by atoms with Crippen molar-refractivity contribution >= 4 is 42.4 Å². The summed E-state index contributed by atoms with van der Waals surface area (Å²) in [5.74, 6) is 0.653. The number of hydrogen-bond donors (Lipinski definition) is 4. The number of benzene rings is 1. The summed E-state index contributed by atoms with van der Waals surface area (Å²) in [6.07, 6.45) is 6.01. The van der Waals surface area contributed by atoms with Gasteiger partial charge < -0.3 is 26.1 Å². The van der Waals surface area contributed by atoms with Crippen molar-refractivity contribution in [3.63, 3.8) is 0 Å². The smallest absolute Gasteiger partial charge is 0.337 e. The van der Waals surface area contributed by atoms with Crippen molar-refractivity contribution in [2.24, 2.45) is 0 Å². The highest BCUT2D eigenvalue weighted by Crippen LogP contribution is 2.20. The van der Waals surface area contributed by atoms with Crippen molar-refractivity contribution in [2.75, 3.05) is 30.0 Å². The maximum Gasteiger partial charge on any atom is 0.337 e. The van der Waals surface area contributed by atoms with E-state index in [1.54, 1.807) is 30.7 Å². The van der Waals surface area contributed by atoms with Crippen LogP contribution < -0.4 is 21.8 Å². The number of H-pyrrole nitrogens is 1. The number of aromatic amines is 1. The van der Waals surface area contributed by atoms with Gasteiger partial charge in [0.2, 0.25) is 5.95 Å². The fourth-order valence-corrected chi connectivity index (χ4v) is 2.51. The molecule has 0 amide bonds. The lowest BCUT2D eigenvalue weighted by molar-refractivity contribution is 0.0601. The fraction of sp³-hybridized carbons (Fsp3) is 0.176. The van der Waals surface area contributed by atoms with E-state index in [1.807, 2.05) is 14.0 Å². The molecule has 27 heavy (non-hydrogen) atoms. The molecule has 0 spiro atoms. The average Bonchev–Trinajstić information content (AvgIpc) is 3.16. The largest absolute Gasteiger partial charge is 0.465 e. The van der Waals surface area contributed by atoms with E-state index in [9.17, 15) is 4.79 Å². The molecule has 0 aliphatic rings. The number of ether oxygens (including phenoxy) is 1. The highest BCUT2D eigenvalue weighted by atomic mass is 16.5. The van der Waals surface area contributed by atoms with Crippen molar-refractivity contribution in [3.05, 3.63) is 48.2 Å². The lowest BCUT2D eigenvalue weighted by Gasteiger charge is -2.12. The summed E-state index contributed by atoms with van der Waals surface area (Å²) in [5, 5.41) is 6.35. The number of esters is 1. The summed E-state index contributed by atoms with van der Waals surface area (Å²) in [7, 11) is 3.25. The second-order valence-electron chi connectivity index (χ2n) is 5.92. The predicted molar refractivity (Wildman–Crippen MR) is 106 cm³/mol. The highest BCUT2D eigenvalue weighted by molar-refractivity contribution is 6.35. The van der Waals surface area contributed by atoms with Crippen LogP contribution in [-0.4, -0.2) is 47.4 Å². The minimum absolute atomic E-state index is 0.351. The number of imidazole rings is 1. The molecule has 0 radical (unpaired) electrons. The zero-order valence-corrected chi connectivity index (χ0v) is 15.1. The van der Waals surface area contributed by atoms with Crippen molar-refractivity contribution in [1.82, 2.24) is 19.9 Å². The van der Waals surface area contributed by atoms with Crippen molar-refractivity contribution in [1.29, 1.82) is 0 Å². The quantitative estimate of drug-likeness (QED) is 0.266. The molecule has 9 nitrogen and oxygen atoms in total. The lowest BCUT2D eigenvalue weighted by Crippen LogP contribution is -2.18. The topological polar surface area (TPSA) is 131 Å². The van der Waals surface area contributed by atoms with E-state index in [-0.39, 0.29) is 0 Å². The van der Waals surface area contributed by atoms with E-state index in [1.165, 1.54) is 7.11 Å². The summed E-state index contributed by atoms with van der Waals surface area (Å²) in [6.45, 7) is 0.687. The molecule has 3 rings (SSSR count). The van der Waals surface area contributed by atoms with Crippen molar-refractivity contribution < 1.29 is 9.53 Å². The second-order valence-corrected chi connectivity index (χ2v) is 5.92. The lowest BCUT2D eigenvalue weighted by atomic mass is 9.99. The fourth-order valence-electron chi connectivity index (χ4n) is 2.51. The summed E-state index contributed by atoms with van der Waals surface area (Å²) in [4.78, 5) is 27.6. The van der Waals surface area contributed by atoms with Crippen LogP contribution in [0.1, 0.15) is 16.1 Å². The van der Waals surface area contributed by atoms with Gasteiger partial charge in [-0.3, -0.25) is 0 Å². The van der Waals surface area contributed by atoms with E-state index < -0.39 is 5.97 Å². The minimum Gasteiger partial charge on any atom is -0.465 e. The summed E-state index contributed by atoms with van der Waals surface area (Å²) < 4.78 is 4.74. The zero-order chi connectivity index (χ0) is 19.2. The Hall–Kier alpha value is -3.56. The molecule has 5 N–H and O–H groups in total. The maximum absolute atomic E-state index is 11.7. The number of aromatic nitrogens is 4. The number of hydrogen-bond acceptors (Lipinski definition) is 8. The molecule has 3 aromatic rings. The molecule has 138 valence electrons. The van der Waals surface area contributed by atoms with Crippen molar-refractivity contribution in [3.8, 4) is 0 Å². The number of nitrogens with zero attached hydrogens (tertiary/aromatic N) is 3. The number of nitrogens with one attached hydrogen (secondary N) is 3. The molecule has 2 heterocycles. The highest BCUT2D eigenvalue weighted by Gasteiger charge is 2.10. The van der Waals surface area contributed by atoms with Crippen LogP contribution in [0, 0.1) is 0 Å². The van der Waals surface area contributed by atoms with Gasteiger partial charge in [0.05, 0.1) is 24.7 Å². The number of nitrogen functional groups attached to an aromatic ring is 1. The molecule has 0 bridgehead atoms. The Bertz CT molecular complexity index is 931. The first-order valence-electron chi connectivity index (χ1n) is 8.36. The average molecular weight is 365 g/mol. The van der Waals surface area contributed by atoms with Gasteiger partial charge in [-0.15, -0.1) is 0 Å². The summed E-state index contributed by atoms with van der Waals surface area (Å²) in [6, 6.07) is 4.88. The molecule has 2 aromatic heterocycles. The molecule has 0 saturated heterocycles. The molecule has 0 fully saturated rings. The molecular weight excluding hydrogens is 345 g/mol. The first kappa shape index (κ1) is 18.2. The maximum atomic E-state index is 11.7. The number of rotatable bonds is 7. The summed E-state index contributed by atoms with van der Waals surface area (Å²) in [5.41, 5.74) is 9.14. The Balaban J connectivity index is 1.72. The summed E-state index contributed by atoms with van der Waals surface area (Å²) >= 11 is 0. The SMILES string of the molecule is Bc1cnc(Nc2cc(N)cc(C(=O)OC)c2)nc1NCCc1c[nH]cn1. The number of carbonyl (C=O) groups is 1. The number of nitrogens with two attached hydrogens (primary N) is 1. The second kappa shape index (κ2) is 8.22. The Morgan fingerprint density at radius 2 is 2.19 bits per heavy atom. The van der Waals surface area contributed by atoms with E-state index >= 15 is 0 Å². The normalized spacial score (nSPS) is 10.4. The van der Waals surface area contributed by atoms with Gasteiger partial charge in [0.25, 0.3) is 0 Å². The van der Waals surface area contributed by atoms with E-state index in [2.05, 4.69) is 30.6 Å².